The first kappa shape index (κ1) is 11.6. The lowest BCUT2D eigenvalue weighted by Crippen LogP contribution is -1.93. The smallest absolute Gasteiger partial charge is 0.137 e. The quantitative estimate of drug-likeness (QED) is 0.810. The van der Waals surface area contributed by atoms with Gasteiger partial charge in [0.25, 0.3) is 0 Å². The Hall–Kier alpha value is -1.90. The molecule has 2 aromatic rings. The summed E-state index contributed by atoms with van der Waals surface area (Å²) in [5.74, 6) is 0.948. The number of hydrogen-bond donors (Lipinski definition) is 0. The second-order valence-electron chi connectivity index (χ2n) is 4.16. The predicted molar refractivity (Wildman–Crippen MR) is 63.2 cm³/mol. The lowest BCUT2D eigenvalue weighted by molar-refractivity contribution is -0.116. The summed E-state index contributed by atoms with van der Waals surface area (Å²) in [6, 6.07) is 8.23. The molecule has 1 aromatic heterocycles. The Morgan fingerprint density at radius 2 is 2.06 bits per heavy atom. The minimum Gasteiger partial charge on any atom is -0.461 e. The highest BCUT2D eigenvalue weighted by atomic mass is 19.1. The summed E-state index contributed by atoms with van der Waals surface area (Å²) in [4.78, 5) is 10.9. The van der Waals surface area contributed by atoms with Crippen LogP contribution in [0.3, 0.4) is 0 Å². The normalized spacial score (nSPS) is 10.5. The summed E-state index contributed by atoms with van der Waals surface area (Å²) in [6.45, 7) is 3.33. The zero-order valence-electron chi connectivity index (χ0n) is 9.79. The largest absolute Gasteiger partial charge is 0.461 e. The average molecular weight is 232 g/mol. The van der Waals surface area contributed by atoms with E-state index in [9.17, 15) is 9.18 Å². The minimum absolute atomic E-state index is 0.0429. The Labute approximate surface area is 99.1 Å². The van der Waals surface area contributed by atoms with Gasteiger partial charge < -0.3 is 4.42 Å². The molecule has 0 aliphatic carbocycles. The Morgan fingerprint density at radius 1 is 1.29 bits per heavy atom. The third kappa shape index (κ3) is 2.81. The highest BCUT2D eigenvalue weighted by molar-refractivity contribution is 5.77. The highest BCUT2D eigenvalue weighted by Crippen LogP contribution is 2.24. The molecule has 0 saturated carbocycles. The fraction of sp³-hybridized carbons (Fsp3) is 0.214. The number of hydrogen-bond acceptors (Lipinski definition) is 2. The zero-order chi connectivity index (χ0) is 12.4. The lowest BCUT2D eigenvalue weighted by Gasteiger charge is -2.00. The average Bonchev–Trinajstić information content (AvgIpc) is 2.63. The molecular weight excluding hydrogens is 219 g/mol. The van der Waals surface area contributed by atoms with Crippen molar-refractivity contribution < 1.29 is 13.6 Å². The van der Waals surface area contributed by atoms with Gasteiger partial charge in [-0.15, -0.1) is 0 Å². The van der Waals surface area contributed by atoms with Crippen molar-refractivity contribution in [3.8, 4) is 11.3 Å². The van der Waals surface area contributed by atoms with Crippen LogP contribution in [0.2, 0.25) is 0 Å². The van der Waals surface area contributed by atoms with Crippen LogP contribution in [0.15, 0.2) is 34.7 Å². The Morgan fingerprint density at radius 3 is 2.71 bits per heavy atom. The number of benzene rings is 1. The van der Waals surface area contributed by atoms with Gasteiger partial charge in [-0.2, -0.15) is 0 Å². The standard InChI is InChI=1S/C14H13FO2/c1-9-5-11(8-12(15)6-9)14-4-3-13(17-14)7-10(2)16/h3-6,8H,7H2,1-2H3. The molecule has 2 rings (SSSR count). The van der Waals surface area contributed by atoms with E-state index in [2.05, 4.69) is 0 Å². The number of furan rings is 1. The van der Waals surface area contributed by atoms with E-state index in [-0.39, 0.29) is 18.0 Å². The molecule has 1 aromatic carbocycles. The minimum atomic E-state index is -0.287. The summed E-state index contributed by atoms with van der Waals surface area (Å²) in [7, 11) is 0. The molecule has 0 aliphatic rings. The molecule has 2 nitrogen and oxygen atoms in total. The first-order valence-electron chi connectivity index (χ1n) is 5.40. The molecule has 17 heavy (non-hydrogen) atoms. The molecule has 0 aliphatic heterocycles. The van der Waals surface area contributed by atoms with E-state index in [1.807, 2.05) is 13.0 Å². The van der Waals surface area contributed by atoms with E-state index in [4.69, 9.17) is 4.42 Å². The fourth-order valence-corrected chi connectivity index (χ4v) is 1.75. The van der Waals surface area contributed by atoms with Crippen LogP contribution in [-0.4, -0.2) is 5.78 Å². The molecular formula is C14H13FO2. The van der Waals surface area contributed by atoms with Gasteiger partial charge in [0.1, 0.15) is 23.1 Å². The van der Waals surface area contributed by atoms with E-state index >= 15 is 0 Å². The first-order chi connectivity index (χ1) is 8.04. The van der Waals surface area contributed by atoms with Crippen LogP contribution in [-0.2, 0) is 11.2 Å². The van der Waals surface area contributed by atoms with Gasteiger partial charge in [-0.1, -0.05) is 0 Å². The second-order valence-corrected chi connectivity index (χ2v) is 4.16. The SMILES string of the molecule is CC(=O)Cc1ccc(-c2cc(C)cc(F)c2)o1. The topological polar surface area (TPSA) is 30.2 Å². The monoisotopic (exact) mass is 232 g/mol. The molecule has 3 heteroatoms. The van der Waals surface area contributed by atoms with E-state index in [1.165, 1.54) is 19.1 Å². The van der Waals surface area contributed by atoms with Crippen molar-refractivity contribution in [1.29, 1.82) is 0 Å². The number of carbonyl (C=O) groups is 1. The maximum absolute atomic E-state index is 13.2. The second kappa shape index (κ2) is 4.53. The zero-order valence-corrected chi connectivity index (χ0v) is 9.79. The van der Waals surface area contributed by atoms with Gasteiger partial charge in [-0.05, 0) is 49.7 Å². The first-order valence-corrected chi connectivity index (χ1v) is 5.40. The van der Waals surface area contributed by atoms with E-state index in [1.54, 1.807) is 12.1 Å². The summed E-state index contributed by atoms with van der Waals surface area (Å²) >= 11 is 0. The molecule has 1 heterocycles. The summed E-state index contributed by atoms with van der Waals surface area (Å²) in [5, 5.41) is 0. The molecule has 0 unspecified atom stereocenters. The van der Waals surface area contributed by atoms with Crippen molar-refractivity contribution in [3.05, 3.63) is 47.5 Å². The van der Waals surface area contributed by atoms with Crippen molar-refractivity contribution in [1.82, 2.24) is 0 Å². The van der Waals surface area contributed by atoms with Crippen molar-refractivity contribution >= 4 is 5.78 Å². The Balaban J connectivity index is 2.33. The Bertz CT molecular complexity index is 535. The lowest BCUT2D eigenvalue weighted by atomic mass is 10.1. The van der Waals surface area contributed by atoms with Gasteiger partial charge in [0.05, 0.1) is 6.42 Å². The highest BCUT2D eigenvalue weighted by Gasteiger charge is 2.08. The van der Waals surface area contributed by atoms with Crippen LogP contribution in [0.4, 0.5) is 4.39 Å². The van der Waals surface area contributed by atoms with Gasteiger partial charge in [0, 0.05) is 5.56 Å². The van der Waals surface area contributed by atoms with Gasteiger partial charge >= 0.3 is 0 Å². The molecule has 0 saturated heterocycles. The molecule has 0 atom stereocenters. The summed E-state index contributed by atoms with van der Waals surface area (Å²) < 4.78 is 18.7. The third-order valence-electron chi connectivity index (χ3n) is 2.41. The number of halogens is 1. The van der Waals surface area contributed by atoms with Crippen molar-refractivity contribution in [2.24, 2.45) is 0 Å². The fourth-order valence-electron chi connectivity index (χ4n) is 1.75. The number of aryl methyl sites for hydroxylation is 1. The molecule has 0 spiro atoms. The van der Waals surface area contributed by atoms with Gasteiger partial charge in [-0.25, -0.2) is 4.39 Å². The van der Waals surface area contributed by atoms with Crippen LogP contribution < -0.4 is 0 Å². The molecule has 88 valence electrons. The Kier molecular flexibility index (Phi) is 3.09. The summed E-state index contributed by atoms with van der Waals surface area (Å²) in [5.41, 5.74) is 1.53. The number of rotatable bonds is 3. The summed E-state index contributed by atoms with van der Waals surface area (Å²) in [6.07, 6.45) is 0.272. The predicted octanol–water partition coefficient (Wildman–Crippen LogP) is 3.53. The molecule has 0 bridgehead atoms. The number of ketones is 1. The maximum Gasteiger partial charge on any atom is 0.137 e. The van der Waals surface area contributed by atoms with Gasteiger partial charge in [0.15, 0.2) is 0 Å². The van der Waals surface area contributed by atoms with E-state index in [0.717, 1.165) is 5.56 Å². The molecule has 0 radical (unpaired) electrons. The van der Waals surface area contributed by atoms with Crippen LogP contribution >= 0.6 is 0 Å². The van der Waals surface area contributed by atoms with Crippen LogP contribution in [0.5, 0.6) is 0 Å². The van der Waals surface area contributed by atoms with Crippen LogP contribution in [0, 0.1) is 12.7 Å². The van der Waals surface area contributed by atoms with Gasteiger partial charge in [0.2, 0.25) is 0 Å². The van der Waals surface area contributed by atoms with Crippen LogP contribution in [0.25, 0.3) is 11.3 Å². The van der Waals surface area contributed by atoms with Gasteiger partial charge in [-0.3, -0.25) is 4.79 Å². The van der Waals surface area contributed by atoms with Crippen molar-refractivity contribution in [3.63, 3.8) is 0 Å². The number of carbonyl (C=O) groups excluding carboxylic acids is 1. The van der Waals surface area contributed by atoms with Crippen molar-refractivity contribution in [2.75, 3.05) is 0 Å². The molecule has 0 fully saturated rings. The van der Waals surface area contributed by atoms with E-state index in [0.29, 0.717) is 17.1 Å². The maximum atomic E-state index is 13.2. The molecule has 0 amide bonds. The third-order valence-corrected chi connectivity index (χ3v) is 2.41. The molecule has 0 N–H and O–H groups in total. The van der Waals surface area contributed by atoms with E-state index < -0.39 is 0 Å². The van der Waals surface area contributed by atoms with Crippen LogP contribution in [0.1, 0.15) is 18.2 Å². The number of Topliss-reactive ketones (excluding diaryl/α,β-unsaturated/α-hetero) is 1. The van der Waals surface area contributed by atoms with Crippen molar-refractivity contribution in [2.45, 2.75) is 20.3 Å².